The van der Waals surface area contributed by atoms with Crippen molar-refractivity contribution in [1.29, 1.82) is 0 Å². The fraction of sp³-hybridized carbons (Fsp3) is 0.227. The zero-order valence-electron chi connectivity index (χ0n) is 16.6. The summed E-state index contributed by atoms with van der Waals surface area (Å²) in [4.78, 5) is 24.7. The number of carbonyl (C=O) groups is 1. The third kappa shape index (κ3) is 4.77. The minimum Gasteiger partial charge on any atom is -0.492 e. The standard InChI is InChI=1S/C22H22N4O2S2/c1-2-28-18-7-3-8-19-21(18)24-22(30-19)26(13-5-12-25-14-11-23-16-25)20(27)10-9-17-6-4-15-29-17/h3-4,6-11,14-16H,2,5,12-13H2,1H3. The zero-order chi connectivity index (χ0) is 20.8. The van der Waals surface area contributed by atoms with E-state index in [9.17, 15) is 4.79 Å². The average molecular weight is 439 g/mol. The first-order valence-corrected chi connectivity index (χ1v) is 11.5. The first-order valence-electron chi connectivity index (χ1n) is 9.76. The van der Waals surface area contributed by atoms with Crippen LogP contribution in [0.2, 0.25) is 0 Å². The number of thiazole rings is 1. The van der Waals surface area contributed by atoms with Gasteiger partial charge in [0.05, 0.1) is 17.6 Å². The Kier molecular flexibility index (Phi) is 6.56. The number of hydrogen-bond acceptors (Lipinski definition) is 6. The monoisotopic (exact) mass is 438 g/mol. The number of amides is 1. The molecule has 0 aliphatic rings. The maximum atomic E-state index is 13.1. The highest BCUT2D eigenvalue weighted by molar-refractivity contribution is 7.22. The first kappa shape index (κ1) is 20.3. The topological polar surface area (TPSA) is 60.2 Å². The fourth-order valence-corrected chi connectivity index (χ4v) is 4.69. The van der Waals surface area contributed by atoms with Crippen molar-refractivity contribution >= 4 is 50.0 Å². The van der Waals surface area contributed by atoms with Gasteiger partial charge in [0.15, 0.2) is 5.13 Å². The van der Waals surface area contributed by atoms with E-state index in [2.05, 4.69) is 4.98 Å². The molecule has 0 saturated heterocycles. The number of anilines is 1. The average Bonchev–Trinajstić information content (AvgIpc) is 3.51. The van der Waals surface area contributed by atoms with Crippen molar-refractivity contribution < 1.29 is 9.53 Å². The Bertz CT molecular complexity index is 1120. The molecule has 3 aromatic heterocycles. The third-order valence-corrected chi connectivity index (χ3v) is 6.34. The molecular weight excluding hydrogens is 416 g/mol. The summed E-state index contributed by atoms with van der Waals surface area (Å²) in [7, 11) is 0. The van der Waals surface area contributed by atoms with Gasteiger partial charge < -0.3 is 9.30 Å². The highest BCUT2D eigenvalue weighted by Crippen LogP contribution is 2.34. The van der Waals surface area contributed by atoms with Crippen LogP contribution >= 0.6 is 22.7 Å². The molecule has 3 heterocycles. The summed E-state index contributed by atoms with van der Waals surface area (Å²) in [6.45, 7) is 3.87. The van der Waals surface area contributed by atoms with Crippen LogP contribution in [0.4, 0.5) is 5.13 Å². The summed E-state index contributed by atoms with van der Waals surface area (Å²) in [5, 5.41) is 2.68. The molecule has 30 heavy (non-hydrogen) atoms. The molecule has 0 aliphatic carbocycles. The van der Waals surface area contributed by atoms with Crippen LogP contribution in [-0.4, -0.2) is 33.6 Å². The van der Waals surface area contributed by atoms with Crippen molar-refractivity contribution in [3.05, 3.63) is 65.4 Å². The van der Waals surface area contributed by atoms with Gasteiger partial charge in [-0.3, -0.25) is 9.69 Å². The Labute approximate surface area is 183 Å². The van der Waals surface area contributed by atoms with Crippen LogP contribution in [0, 0.1) is 0 Å². The lowest BCUT2D eigenvalue weighted by Crippen LogP contribution is -2.30. The molecule has 6 nitrogen and oxygen atoms in total. The molecule has 0 spiro atoms. The normalized spacial score (nSPS) is 11.4. The molecule has 0 radical (unpaired) electrons. The number of rotatable bonds is 9. The van der Waals surface area contributed by atoms with Gasteiger partial charge in [-0.05, 0) is 43.0 Å². The number of carbonyl (C=O) groups excluding carboxylic acids is 1. The number of ether oxygens (including phenoxy) is 1. The minimum absolute atomic E-state index is 0.0777. The zero-order valence-corrected chi connectivity index (χ0v) is 18.2. The Balaban J connectivity index is 1.59. The van der Waals surface area contributed by atoms with Crippen LogP contribution in [0.3, 0.4) is 0 Å². The van der Waals surface area contributed by atoms with Gasteiger partial charge in [-0.15, -0.1) is 11.3 Å². The van der Waals surface area contributed by atoms with Crippen LogP contribution in [0.1, 0.15) is 18.2 Å². The van der Waals surface area contributed by atoms with Crippen LogP contribution < -0.4 is 9.64 Å². The number of thiophene rings is 1. The van der Waals surface area contributed by atoms with Crippen LogP contribution in [-0.2, 0) is 11.3 Å². The highest BCUT2D eigenvalue weighted by atomic mass is 32.1. The second-order valence-corrected chi connectivity index (χ2v) is 8.51. The lowest BCUT2D eigenvalue weighted by molar-refractivity contribution is -0.114. The number of para-hydroxylation sites is 1. The number of benzene rings is 1. The van der Waals surface area contributed by atoms with Crippen molar-refractivity contribution in [2.75, 3.05) is 18.1 Å². The molecule has 0 aliphatic heterocycles. The Morgan fingerprint density at radius 1 is 1.30 bits per heavy atom. The van der Waals surface area contributed by atoms with E-state index in [-0.39, 0.29) is 5.91 Å². The van der Waals surface area contributed by atoms with E-state index < -0.39 is 0 Å². The maximum Gasteiger partial charge on any atom is 0.252 e. The summed E-state index contributed by atoms with van der Waals surface area (Å²) in [5.41, 5.74) is 0.800. The molecule has 0 saturated carbocycles. The van der Waals surface area contributed by atoms with Crippen molar-refractivity contribution in [3.8, 4) is 5.75 Å². The summed E-state index contributed by atoms with van der Waals surface area (Å²) >= 11 is 3.11. The van der Waals surface area contributed by atoms with Gasteiger partial charge in [0.1, 0.15) is 11.3 Å². The molecule has 154 valence electrons. The molecule has 1 aromatic carbocycles. The minimum atomic E-state index is -0.0777. The number of aryl methyl sites for hydroxylation is 1. The number of aromatic nitrogens is 3. The van der Waals surface area contributed by atoms with Crippen LogP contribution in [0.15, 0.2) is 60.5 Å². The van der Waals surface area contributed by atoms with Gasteiger partial charge in [0.2, 0.25) is 0 Å². The third-order valence-electron chi connectivity index (χ3n) is 4.46. The van der Waals surface area contributed by atoms with Gasteiger partial charge in [-0.1, -0.05) is 23.5 Å². The molecule has 0 atom stereocenters. The SMILES string of the molecule is CCOc1cccc2sc(N(CCCn3ccnc3)C(=O)C=Cc3cccs3)nc12. The second-order valence-electron chi connectivity index (χ2n) is 6.53. The van der Waals surface area contributed by atoms with Crippen molar-refractivity contribution in [2.24, 2.45) is 0 Å². The van der Waals surface area contributed by atoms with E-state index in [0.717, 1.165) is 33.8 Å². The lowest BCUT2D eigenvalue weighted by Gasteiger charge is -2.18. The molecule has 8 heteroatoms. The fourth-order valence-electron chi connectivity index (χ4n) is 3.06. The van der Waals surface area contributed by atoms with Crippen molar-refractivity contribution in [2.45, 2.75) is 19.9 Å². The molecule has 4 rings (SSSR count). The molecule has 0 bridgehead atoms. The van der Waals surface area contributed by atoms with Gasteiger partial charge >= 0.3 is 0 Å². The van der Waals surface area contributed by atoms with Gasteiger partial charge in [0, 0.05) is 36.4 Å². The molecule has 0 fully saturated rings. The predicted molar refractivity (Wildman–Crippen MR) is 123 cm³/mol. The maximum absolute atomic E-state index is 13.1. The van der Waals surface area contributed by atoms with Crippen LogP contribution in [0.25, 0.3) is 16.3 Å². The summed E-state index contributed by atoms with van der Waals surface area (Å²) in [6, 6.07) is 9.84. The number of imidazole rings is 1. The quantitative estimate of drug-likeness (QED) is 0.342. The molecule has 4 aromatic rings. The van der Waals surface area contributed by atoms with E-state index in [1.54, 1.807) is 34.8 Å². The summed E-state index contributed by atoms with van der Waals surface area (Å²) in [5.74, 6) is 0.670. The largest absolute Gasteiger partial charge is 0.492 e. The second kappa shape index (κ2) is 9.69. The highest BCUT2D eigenvalue weighted by Gasteiger charge is 2.19. The van der Waals surface area contributed by atoms with E-state index in [1.807, 2.05) is 59.5 Å². The Morgan fingerprint density at radius 2 is 2.23 bits per heavy atom. The van der Waals surface area contributed by atoms with Crippen LogP contribution in [0.5, 0.6) is 5.75 Å². The van der Waals surface area contributed by atoms with E-state index in [0.29, 0.717) is 18.3 Å². The van der Waals surface area contributed by atoms with E-state index in [4.69, 9.17) is 9.72 Å². The summed E-state index contributed by atoms with van der Waals surface area (Å²) < 4.78 is 8.73. The van der Waals surface area contributed by atoms with Gasteiger partial charge in [-0.25, -0.2) is 9.97 Å². The Hall–Kier alpha value is -2.97. The number of hydrogen-bond donors (Lipinski definition) is 0. The lowest BCUT2D eigenvalue weighted by atomic mass is 10.3. The molecule has 1 amide bonds. The van der Waals surface area contributed by atoms with E-state index >= 15 is 0 Å². The van der Waals surface area contributed by atoms with E-state index in [1.165, 1.54) is 11.3 Å². The molecular formula is C22H22N4O2S2. The number of fused-ring (bicyclic) bond motifs is 1. The van der Waals surface area contributed by atoms with Gasteiger partial charge in [-0.2, -0.15) is 0 Å². The predicted octanol–water partition coefficient (Wildman–Crippen LogP) is 5.09. The van der Waals surface area contributed by atoms with Gasteiger partial charge in [0.25, 0.3) is 5.91 Å². The summed E-state index contributed by atoms with van der Waals surface area (Å²) in [6.07, 6.45) is 9.75. The van der Waals surface area contributed by atoms with Crippen molar-refractivity contribution in [3.63, 3.8) is 0 Å². The molecule has 0 N–H and O–H groups in total. The Morgan fingerprint density at radius 3 is 3.00 bits per heavy atom. The smallest absolute Gasteiger partial charge is 0.252 e. The van der Waals surface area contributed by atoms with Crippen molar-refractivity contribution in [1.82, 2.24) is 14.5 Å². The molecule has 0 unspecified atom stereocenters. The first-order chi connectivity index (χ1) is 14.7. The number of nitrogens with zero attached hydrogens (tertiary/aromatic N) is 4.